The molecule has 0 saturated carbocycles. The van der Waals surface area contributed by atoms with E-state index in [1.54, 1.807) is 36.3 Å². The predicted molar refractivity (Wildman–Crippen MR) is 122 cm³/mol. The van der Waals surface area contributed by atoms with E-state index in [2.05, 4.69) is 30.9 Å². The highest BCUT2D eigenvalue weighted by atomic mass is 35.5. The molecular weight excluding hydrogens is 458 g/mol. The topological polar surface area (TPSA) is 107 Å². The fraction of sp³-hybridized carbons (Fsp3) is 0.105. The van der Waals surface area contributed by atoms with Crippen molar-refractivity contribution in [1.29, 1.82) is 0 Å². The highest BCUT2D eigenvalue weighted by Gasteiger charge is 2.12. The lowest BCUT2D eigenvalue weighted by Gasteiger charge is -2.11. The quantitative estimate of drug-likeness (QED) is 0.366. The third kappa shape index (κ3) is 5.51. The van der Waals surface area contributed by atoms with Crippen LogP contribution in [0.1, 0.15) is 0 Å². The number of carbonyl (C=O) groups is 1. The van der Waals surface area contributed by atoms with Crippen LogP contribution >= 0.6 is 34.7 Å². The Labute approximate surface area is 190 Å². The van der Waals surface area contributed by atoms with E-state index in [-0.39, 0.29) is 11.7 Å². The van der Waals surface area contributed by atoms with Crippen molar-refractivity contribution >= 4 is 57.1 Å². The molecule has 0 fully saturated rings. The highest BCUT2D eigenvalue weighted by Crippen LogP contribution is 2.29. The minimum Gasteiger partial charge on any atom is -0.497 e. The summed E-state index contributed by atoms with van der Waals surface area (Å²) >= 11 is 8.75. The third-order valence-corrected chi connectivity index (χ3v) is 6.18. The fourth-order valence-electron chi connectivity index (χ4n) is 2.57. The van der Waals surface area contributed by atoms with Crippen LogP contribution in [-0.4, -0.2) is 43.7 Å². The van der Waals surface area contributed by atoms with Crippen molar-refractivity contribution in [3.63, 3.8) is 0 Å². The van der Waals surface area contributed by atoms with E-state index in [0.29, 0.717) is 25.9 Å². The number of nitrogens with one attached hydrogen (secondary N) is 2. The molecule has 0 aliphatic rings. The van der Waals surface area contributed by atoms with E-state index in [1.807, 2.05) is 24.3 Å². The number of aromatic nitrogens is 5. The molecule has 0 unspecified atom stereocenters. The van der Waals surface area contributed by atoms with Gasteiger partial charge in [-0.15, -0.1) is 10.2 Å². The van der Waals surface area contributed by atoms with E-state index in [1.165, 1.54) is 29.4 Å². The molecule has 0 aliphatic heterocycles. The van der Waals surface area contributed by atoms with Crippen LogP contribution in [0.2, 0.25) is 5.02 Å². The number of methoxy groups -OCH3 is 1. The van der Waals surface area contributed by atoms with Crippen molar-refractivity contribution in [2.45, 2.75) is 4.34 Å². The van der Waals surface area contributed by atoms with Crippen LogP contribution in [0.4, 0.5) is 16.5 Å². The SMILES string of the molecule is COc1ccc(Nc2nnc(SCC(=O)Nc3cc(Cl)ccc3-n3cncn3)s2)cc1. The molecule has 31 heavy (non-hydrogen) atoms. The summed E-state index contributed by atoms with van der Waals surface area (Å²) in [5.74, 6) is 0.741. The van der Waals surface area contributed by atoms with Gasteiger partial charge in [0.25, 0.3) is 0 Å². The number of halogens is 1. The summed E-state index contributed by atoms with van der Waals surface area (Å²) in [7, 11) is 1.62. The maximum Gasteiger partial charge on any atom is 0.234 e. The van der Waals surface area contributed by atoms with Gasteiger partial charge in [0.15, 0.2) is 4.34 Å². The van der Waals surface area contributed by atoms with Gasteiger partial charge in [0, 0.05) is 10.7 Å². The number of hydrogen-bond donors (Lipinski definition) is 2. The van der Waals surface area contributed by atoms with Crippen molar-refractivity contribution in [3.8, 4) is 11.4 Å². The second-order valence-electron chi connectivity index (χ2n) is 6.06. The van der Waals surface area contributed by atoms with Gasteiger partial charge in [-0.25, -0.2) is 9.67 Å². The van der Waals surface area contributed by atoms with Crippen LogP contribution < -0.4 is 15.4 Å². The molecule has 2 aromatic carbocycles. The first-order valence-corrected chi connectivity index (χ1v) is 11.1. The molecule has 0 radical (unpaired) electrons. The van der Waals surface area contributed by atoms with E-state index in [9.17, 15) is 4.79 Å². The summed E-state index contributed by atoms with van der Waals surface area (Å²) in [5, 5.41) is 19.5. The van der Waals surface area contributed by atoms with Crippen LogP contribution in [0.5, 0.6) is 5.75 Å². The van der Waals surface area contributed by atoms with Crippen LogP contribution in [0.25, 0.3) is 5.69 Å². The number of nitrogens with zero attached hydrogens (tertiary/aromatic N) is 5. The number of hydrogen-bond acceptors (Lipinski definition) is 9. The molecule has 9 nitrogen and oxygen atoms in total. The maximum absolute atomic E-state index is 12.5. The number of rotatable bonds is 8. The molecule has 2 aromatic heterocycles. The lowest BCUT2D eigenvalue weighted by molar-refractivity contribution is -0.113. The van der Waals surface area contributed by atoms with Gasteiger partial charge in [0.05, 0.1) is 24.2 Å². The highest BCUT2D eigenvalue weighted by molar-refractivity contribution is 8.01. The molecule has 158 valence electrons. The predicted octanol–water partition coefficient (Wildman–Crippen LogP) is 4.26. The molecule has 0 spiro atoms. The summed E-state index contributed by atoms with van der Waals surface area (Å²) in [6.07, 6.45) is 2.97. The Kier molecular flexibility index (Phi) is 6.65. The minimum absolute atomic E-state index is 0.167. The first kappa shape index (κ1) is 21.1. The van der Waals surface area contributed by atoms with Crippen molar-refractivity contribution in [1.82, 2.24) is 25.0 Å². The Morgan fingerprint density at radius 2 is 2.06 bits per heavy atom. The van der Waals surface area contributed by atoms with Gasteiger partial charge in [0.2, 0.25) is 11.0 Å². The average molecular weight is 474 g/mol. The normalized spacial score (nSPS) is 10.6. The number of ether oxygens (including phenoxy) is 1. The second-order valence-corrected chi connectivity index (χ2v) is 8.70. The molecule has 4 aromatic rings. The molecule has 12 heteroatoms. The van der Waals surface area contributed by atoms with Gasteiger partial charge in [-0.3, -0.25) is 4.79 Å². The van der Waals surface area contributed by atoms with Crippen LogP contribution in [0.3, 0.4) is 0 Å². The Hall–Kier alpha value is -3.15. The van der Waals surface area contributed by atoms with Gasteiger partial charge < -0.3 is 15.4 Å². The lowest BCUT2D eigenvalue weighted by atomic mass is 10.2. The molecule has 0 saturated heterocycles. The maximum atomic E-state index is 12.5. The summed E-state index contributed by atoms with van der Waals surface area (Å²) in [5.41, 5.74) is 2.08. The molecule has 1 amide bonds. The summed E-state index contributed by atoms with van der Waals surface area (Å²) in [4.78, 5) is 16.4. The Balaban J connectivity index is 1.35. The zero-order valence-electron chi connectivity index (χ0n) is 16.2. The first-order chi connectivity index (χ1) is 15.1. The summed E-state index contributed by atoms with van der Waals surface area (Å²) < 4.78 is 7.38. The zero-order valence-corrected chi connectivity index (χ0v) is 18.5. The fourth-order valence-corrected chi connectivity index (χ4v) is 4.32. The first-order valence-electron chi connectivity index (χ1n) is 8.92. The Morgan fingerprint density at radius 3 is 2.81 bits per heavy atom. The summed E-state index contributed by atoms with van der Waals surface area (Å²) in [6.45, 7) is 0. The largest absolute Gasteiger partial charge is 0.497 e. The molecule has 0 bridgehead atoms. The monoisotopic (exact) mass is 473 g/mol. The van der Waals surface area contributed by atoms with Crippen molar-refractivity contribution in [3.05, 3.63) is 60.1 Å². The second kappa shape index (κ2) is 9.77. The van der Waals surface area contributed by atoms with E-state index < -0.39 is 0 Å². The standard InChI is InChI=1S/C19H16ClN7O2S2/c1-29-14-5-3-13(4-6-14)23-18-25-26-19(31-18)30-9-17(28)24-15-8-12(20)2-7-16(15)27-11-21-10-22-27/h2-8,10-11H,9H2,1H3,(H,23,25)(H,24,28). The lowest BCUT2D eigenvalue weighted by Crippen LogP contribution is -2.16. The minimum atomic E-state index is -0.200. The van der Waals surface area contributed by atoms with Crippen molar-refractivity contribution in [2.75, 3.05) is 23.5 Å². The third-order valence-electron chi connectivity index (χ3n) is 3.97. The average Bonchev–Trinajstić information content (AvgIpc) is 3.45. The van der Waals surface area contributed by atoms with Crippen molar-refractivity contribution < 1.29 is 9.53 Å². The Bertz CT molecular complexity index is 1170. The number of amides is 1. The van der Waals surface area contributed by atoms with E-state index >= 15 is 0 Å². The van der Waals surface area contributed by atoms with Crippen LogP contribution in [-0.2, 0) is 4.79 Å². The van der Waals surface area contributed by atoms with E-state index in [0.717, 1.165) is 11.4 Å². The number of thioether (sulfide) groups is 1. The van der Waals surface area contributed by atoms with Gasteiger partial charge in [-0.05, 0) is 42.5 Å². The molecule has 2 N–H and O–H groups in total. The molecule has 0 atom stereocenters. The van der Waals surface area contributed by atoms with E-state index in [4.69, 9.17) is 16.3 Å². The molecule has 2 heterocycles. The smallest absolute Gasteiger partial charge is 0.234 e. The number of benzene rings is 2. The number of carbonyl (C=O) groups excluding carboxylic acids is 1. The zero-order chi connectivity index (χ0) is 21.6. The van der Waals surface area contributed by atoms with Crippen LogP contribution in [0.15, 0.2) is 59.5 Å². The number of anilines is 3. The van der Waals surface area contributed by atoms with Gasteiger partial charge in [-0.1, -0.05) is 34.7 Å². The van der Waals surface area contributed by atoms with Gasteiger partial charge in [-0.2, -0.15) is 5.10 Å². The molecule has 4 rings (SSSR count). The molecular formula is C19H16ClN7O2S2. The summed E-state index contributed by atoms with van der Waals surface area (Å²) in [6, 6.07) is 12.6. The molecule has 0 aliphatic carbocycles. The van der Waals surface area contributed by atoms with Crippen LogP contribution in [0, 0.1) is 0 Å². The van der Waals surface area contributed by atoms with Gasteiger partial charge in [0.1, 0.15) is 18.4 Å². The van der Waals surface area contributed by atoms with Gasteiger partial charge >= 0.3 is 0 Å². The Morgan fingerprint density at radius 1 is 1.23 bits per heavy atom. The van der Waals surface area contributed by atoms with Crippen molar-refractivity contribution in [2.24, 2.45) is 0 Å².